The summed E-state index contributed by atoms with van der Waals surface area (Å²) in [7, 11) is -1.32. The van der Waals surface area contributed by atoms with E-state index in [0.717, 1.165) is 25.7 Å². The van der Waals surface area contributed by atoms with Gasteiger partial charge in [0.2, 0.25) is 0 Å². The zero-order valence-electron chi connectivity index (χ0n) is 11.8. The topological polar surface area (TPSA) is 83.9 Å². The molecule has 3 atom stereocenters. The average molecular weight is 305 g/mol. The smallest absolute Gasteiger partial charge is 0.317 e. The number of carboxylic acids is 1. The molecular formula is C13H23NO5S. The third-order valence-electron chi connectivity index (χ3n) is 4.40. The maximum atomic E-state index is 11.6. The van der Waals surface area contributed by atoms with Crippen molar-refractivity contribution in [2.45, 2.75) is 50.3 Å². The lowest BCUT2D eigenvalue weighted by molar-refractivity contribution is -0.140. The lowest BCUT2D eigenvalue weighted by atomic mass is 9.90. The zero-order chi connectivity index (χ0) is 14.8. The van der Waals surface area contributed by atoms with Crippen LogP contribution in [0.1, 0.15) is 32.1 Å². The number of ether oxygens (including phenoxy) is 1. The van der Waals surface area contributed by atoms with E-state index in [-0.39, 0.29) is 36.2 Å². The summed E-state index contributed by atoms with van der Waals surface area (Å²) in [5.41, 5.74) is 0. The first-order valence-corrected chi connectivity index (χ1v) is 8.94. The molecule has 3 unspecified atom stereocenters. The molecule has 1 aliphatic heterocycles. The molecule has 20 heavy (non-hydrogen) atoms. The van der Waals surface area contributed by atoms with Crippen molar-refractivity contribution in [1.29, 1.82) is 0 Å². The Morgan fingerprint density at radius 1 is 1.30 bits per heavy atom. The van der Waals surface area contributed by atoms with Gasteiger partial charge in [0.05, 0.1) is 24.2 Å². The molecule has 2 fully saturated rings. The maximum absolute atomic E-state index is 11.6. The van der Waals surface area contributed by atoms with Crippen LogP contribution in [0.25, 0.3) is 0 Å². The summed E-state index contributed by atoms with van der Waals surface area (Å²) in [4.78, 5) is 13.0. The predicted molar refractivity (Wildman–Crippen MR) is 74.5 cm³/mol. The number of aliphatic carboxylic acids is 1. The Balaban J connectivity index is 2.09. The van der Waals surface area contributed by atoms with E-state index in [4.69, 9.17) is 9.84 Å². The summed E-state index contributed by atoms with van der Waals surface area (Å²) in [6.07, 6.45) is 4.41. The number of methoxy groups -OCH3 is 1. The number of carbonyl (C=O) groups is 1. The van der Waals surface area contributed by atoms with Gasteiger partial charge in [-0.3, -0.25) is 9.69 Å². The van der Waals surface area contributed by atoms with Crippen molar-refractivity contribution in [3.8, 4) is 0 Å². The van der Waals surface area contributed by atoms with Crippen LogP contribution in [0.4, 0.5) is 0 Å². The Kier molecular flexibility index (Phi) is 5.04. The van der Waals surface area contributed by atoms with E-state index < -0.39 is 15.8 Å². The van der Waals surface area contributed by atoms with E-state index in [1.165, 1.54) is 0 Å². The van der Waals surface area contributed by atoms with E-state index in [2.05, 4.69) is 0 Å². The molecule has 0 aromatic rings. The van der Waals surface area contributed by atoms with E-state index in [9.17, 15) is 13.2 Å². The third kappa shape index (κ3) is 3.93. The van der Waals surface area contributed by atoms with Gasteiger partial charge in [-0.2, -0.15) is 0 Å². The molecule has 0 aromatic carbocycles. The van der Waals surface area contributed by atoms with Gasteiger partial charge in [0, 0.05) is 19.2 Å². The van der Waals surface area contributed by atoms with Crippen LogP contribution in [-0.2, 0) is 19.4 Å². The molecule has 0 radical (unpaired) electrons. The molecule has 1 heterocycles. The highest BCUT2D eigenvalue weighted by molar-refractivity contribution is 7.91. The molecular weight excluding hydrogens is 282 g/mol. The first-order chi connectivity index (χ1) is 9.41. The van der Waals surface area contributed by atoms with Gasteiger partial charge >= 0.3 is 5.97 Å². The number of hydrogen-bond acceptors (Lipinski definition) is 5. The molecule has 0 bridgehead atoms. The van der Waals surface area contributed by atoms with Crippen LogP contribution in [-0.4, -0.2) is 67.7 Å². The van der Waals surface area contributed by atoms with Crippen molar-refractivity contribution in [3.63, 3.8) is 0 Å². The first kappa shape index (κ1) is 15.7. The van der Waals surface area contributed by atoms with Gasteiger partial charge in [0.25, 0.3) is 0 Å². The summed E-state index contributed by atoms with van der Waals surface area (Å²) >= 11 is 0. The molecule has 6 nitrogen and oxygen atoms in total. The largest absolute Gasteiger partial charge is 0.480 e. The van der Waals surface area contributed by atoms with Gasteiger partial charge in [0.1, 0.15) is 0 Å². The molecule has 0 aromatic heterocycles. The average Bonchev–Trinajstić information content (AvgIpc) is 2.76. The second-order valence-electron chi connectivity index (χ2n) is 5.80. The Morgan fingerprint density at radius 3 is 2.60 bits per heavy atom. The van der Waals surface area contributed by atoms with Crippen molar-refractivity contribution in [2.24, 2.45) is 0 Å². The van der Waals surface area contributed by atoms with E-state index in [1.54, 1.807) is 7.11 Å². The normalized spacial score (nSPS) is 33.4. The maximum Gasteiger partial charge on any atom is 0.317 e. The molecule has 7 heteroatoms. The van der Waals surface area contributed by atoms with Crippen LogP contribution in [0.3, 0.4) is 0 Å². The Bertz CT molecular complexity index is 450. The highest BCUT2D eigenvalue weighted by Gasteiger charge is 2.38. The summed E-state index contributed by atoms with van der Waals surface area (Å²) in [5, 5.41) is 9.11. The molecule has 116 valence electrons. The Labute approximate surface area is 120 Å². The highest BCUT2D eigenvalue weighted by Crippen LogP contribution is 2.29. The minimum absolute atomic E-state index is 0.0821. The van der Waals surface area contributed by atoms with Crippen molar-refractivity contribution in [2.75, 3.05) is 25.2 Å². The van der Waals surface area contributed by atoms with Crippen LogP contribution < -0.4 is 0 Å². The van der Waals surface area contributed by atoms with Crippen LogP contribution in [0.15, 0.2) is 0 Å². The van der Waals surface area contributed by atoms with Crippen molar-refractivity contribution < 1.29 is 23.1 Å². The molecule has 1 aliphatic carbocycles. The lowest BCUT2D eigenvalue weighted by Crippen LogP contribution is -2.49. The fourth-order valence-electron chi connectivity index (χ4n) is 3.39. The molecule has 0 spiro atoms. The molecule has 1 N–H and O–H groups in total. The number of carboxylic acid groups (broad SMARTS) is 1. The minimum atomic E-state index is -3.00. The second-order valence-corrected chi connectivity index (χ2v) is 8.03. The Hall–Kier alpha value is -0.660. The van der Waals surface area contributed by atoms with E-state index >= 15 is 0 Å². The van der Waals surface area contributed by atoms with Gasteiger partial charge < -0.3 is 9.84 Å². The number of hydrogen-bond donors (Lipinski definition) is 1. The molecule has 2 rings (SSSR count). The van der Waals surface area contributed by atoms with Gasteiger partial charge in [-0.1, -0.05) is 0 Å². The summed E-state index contributed by atoms with van der Waals surface area (Å²) in [6.45, 7) is -0.0821. The molecule has 1 saturated heterocycles. The van der Waals surface area contributed by atoms with Crippen LogP contribution in [0, 0.1) is 0 Å². The third-order valence-corrected chi connectivity index (χ3v) is 6.15. The standard InChI is InChI=1S/C13H23NO5S/c1-19-12-4-2-3-10(7-12)14(8-13(15)16)11-5-6-20(17,18)9-11/h10-12H,2-9H2,1H3,(H,15,16). The van der Waals surface area contributed by atoms with Crippen LogP contribution in [0.2, 0.25) is 0 Å². The van der Waals surface area contributed by atoms with Crippen molar-refractivity contribution in [3.05, 3.63) is 0 Å². The number of rotatable bonds is 5. The predicted octanol–water partition coefficient (Wildman–Crippen LogP) is 0.518. The number of nitrogens with zero attached hydrogens (tertiary/aromatic N) is 1. The number of sulfone groups is 1. The van der Waals surface area contributed by atoms with Gasteiger partial charge in [0.15, 0.2) is 9.84 Å². The van der Waals surface area contributed by atoms with Gasteiger partial charge in [-0.25, -0.2) is 8.42 Å². The van der Waals surface area contributed by atoms with Crippen molar-refractivity contribution >= 4 is 15.8 Å². The second kappa shape index (κ2) is 6.41. The Morgan fingerprint density at radius 2 is 2.05 bits per heavy atom. The summed E-state index contributed by atoms with van der Waals surface area (Å²) < 4.78 is 28.7. The van der Waals surface area contributed by atoms with Crippen LogP contribution in [0.5, 0.6) is 0 Å². The first-order valence-electron chi connectivity index (χ1n) is 7.12. The summed E-state index contributed by atoms with van der Waals surface area (Å²) in [5.74, 6) is -0.628. The van der Waals surface area contributed by atoms with E-state index in [1.807, 2.05) is 4.90 Å². The molecule has 2 aliphatic rings. The quantitative estimate of drug-likeness (QED) is 0.797. The fourth-order valence-corrected chi connectivity index (χ4v) is 5.13. The van der Waals surface area contributed by atoms with Gasteiger partial charge in [-0.15, -0.1) is 0 Å². The minimum Gasteiger partial charge on any atom is -0.480 e. The molecule has 0 amide bonds. The zero-order valence-corrected chi connectivity index (χ0v) is 12.6. The van der Waals surface area contributed by atoms with Crippen LogP contribution >= 0.6 is 0 Å². The molecule has 1 saturated carbocycles. The lowest BCUT2D eigenvalue weighted by Gasteiger charge is -2.39. The SMILES string of the molecule is COC1CCCC(N(CC(=O)O)C2CCS(=O)(=O)C2)C1. The monoisotopic (exact) mass is 305 g/mol. The fraction of sp³-hybridized carbons (Fsp3) is 0.923. The summed E-state index contributed by atoms with van der Waals surface area (Å²) in [6, 6.07) is -0.0418. The van der Waals surface area contributed by atoms with E-state index in [0.29, 0.717) is 6.42 Å². The van der Waals surface area contributed by atoms with Crippen molar-refractivity contribution in [1.82, 2.24) is 4.90 Å². The van der Waals surface area contributed by atoms with Gasteiger partial charge in [-0.05, 0) is 32.1 Å². The highest BCUT2D eigenvalue weighted by atomic mass is 32.2.